The molecule has 0 radical (unpaired) electrons. The van der Waals surface area contributed by atoms with Gasteiger partial charge in [0.15, 0.2) is 0 Å². The van der Waals surface area contributed by atoms with Gasteiger partial charge in [0.1, 0.15) is 19.0 Å². The van der Waals surface area contributed by atoms with Crippen molar-refractivity contribution in [1.82, 2.24) is 0 Å². The number of rotatable bonds is 6. The first-order valence-corrected chi connectivity index (χ1v) is 5.29. The van der Waals surface area contributed by atoms with Crippen molar-refractivity contribution in [2.75, 3.05) is 20.3 Å². The second kappa shape index (κ2) is 8.36. The van der Waals surface area contributed by atoms with E-state index in [0.717, 1.165) is 12.2 Å². The van der Waals surface area contributed by atoms with Gasteiger partial charge in [-0.05, 0) is 18.6 Å². The fraction of sp³-hybridized carbons (Fsp3) is 0.500. The first-order valence-electron chi connectivity index (χ1n) is 5.29. The maximum atomic E-state index is 12.0. The Morgan fingerprint density at radius 1 is 1.38 bits per heavy atom. The van der Waals surface area contributed by atoms with Crippen LogP contribution in [0.3, 0.4) is 0 Å². The average molecular weight is 248 g/mol. The van der Waals surface area contributed by atoms with Crippen LogP contribution in [0, 0.1) is 0 Å². The Bertz CT molecular complexity index is 296. The van der Waals surface area contributed by atoms with Crippen molar-refractivity contribution in [2.45, 2.75) is 19.4 Å². The first kappa shape index (κ1) is 15.2. The lowest BCUT2D eigenvalue weighted by atomic mass is 10.1. The molecular weight excluding hydrogens is 229 g/mol. The Morgan fingerprint density at radius 3 is 2.69 bits per heavy atom. The molecule has 0 aromatic heterocycles. The monoisotopic (exact) mass is 247 g/mol. The van der Waals surface area contributed by atoms with Crippen molar-refractivity contribution in [3.63, 3.8) is 0 Å². The molecule has 0 saturated heterocycles. The van der Waals surface area contributed by atoms with E-state index in [4.69, 9.17) is 4.74 Å². The number of para-hydroxylation sites is 1. The molecule has 0 aliphatic rings. The third-order valence-corrected chi connectivity index (χ3v) is 2.41. The molecule has 1 unspecified atom stereocenters. The Labute approximate surface area is 103 Å². The highest BCUT2D eigenvalue weighted by Crippen LogP contribution is 2.17. The number of hydrogen-bond donors (Lipinski definition) is 1. The molecule has 1 aromatic carbocycles. The van der Waals surface area contributed by atoms with Crippen LogP contribution in [0.15, 0.2) is 24.3 Å². The van der Waals surface area contributed by atoms with E-state index >= 15 is 0 Å². The fourth-order valence-electron chi connectivity index (χ4n) is 1.65. The van der Waals surface area contributed by atoms with Crippen molar-refractivity contribution >= 4 is 0 Å². The summed E-state index contributed by atoms with van der Waals surface area (Å²) in [5, 5.41) is 2.02. The minimum atomic E-state index is -0.268. The molecule has 1 rings (SSSR count). The van der Waals surface area contributed by atoms with Gasteiger partial charge in [0.2, 0.25) is 0 Å². The van der Waals surface area contributed by atoms with Gasteiger partial charge in [0.25, 0.3) is 0 Å². The highest BCUT2D eigenvalue weighted by Gasteiger charge is 2.09. The number of alkyl halides is 1. The SMILES string of the molecule is COc1ccccc1CC(C)[NH2+]CCF.[Cl-]. The van der Waals surface area contributed by atoms with Gasteiger partial charge in [-0.25, -0.2) is 4.39 Å². The summed E-state index contributed by atoms with van der Waals surface area (Å²) in [7, 11) is 1.68. The standard InChI is InChI=1S/C12H18FNO.ClH/c1-10(14-8-7-13)9-11-5-3-4-6-12(11)15-2;/h3-6,10,14H,7-9H2,1-2H3;1H. The van der Waals surface area contributed by atoms with Crippen LogP contribution >= 0.6 is 0 Å². The van der Waals surface area contributed by atoms with Gasteiger partial charge >= 0.3 is 0 Å². The molecule has 0 bridgehead atoms. The van der Waals surface area contributed by atoms with E-state index in [9.17, 15) is 4.39 Å². The van der Waals surface area contributed by atoms with Crippen molar-refractivity contribution in [3.05, 3.63) is 29.8 Å². The molecule has 4 heteroatoms. The average Bonchev–Trinajstić information content (AvgIpc) is 2.27. The quantitative estimate of drug-likeness (QED) is 0.629. The summed E-state index contributed by atoms with van der Waals surface area (Å²) >= 11 is 0. The fourth-order valence-corrected chi connectivity index (χ4v) is 1.65. The summed E-state index contributed by atoms with van der Waals surface area (Å²) in [5.74, 6) is 0.915. The van der Waals surface area contributed by atoms with E-state index in [1.54, 1.807) is 7.11 Å². The second-order valence-corrected chi connectivity index (χ2v) is 3.71. The predicted octanol–water partition coefficient (Wildman–Crippen LogP) is -1.84. The van der Waals surface area contributed by atoms with Gasteiger partial charge in [-0.3, -0.25) is 0 Å². The van der Waals surface area contributed by atoms with E-state index in [2.05, 4.69) is 13.0 Å². The summed E-state index contributed by atoms with van der Waals surface area (Å²) in [6.07, 6.45) is 0.907. The smallest absolute Gasteiger partial charge is 0.138 e. The molecule has 0 aliphatic carbocycles. The maximum absolute atomic E-state index is 12.0. The Kier molecular flexibility index (Phi) is 7.95. The van der Waals surface area contributed by atoms with Gasteiger partial charge in [-0.2, -0.15) is 0 Å². The van der Waals surface area contributed by atoms with Crippen LogP contribution in [-0.4, -0.2) is 26.4 Å². The minimum absolute atomic E-state index is 0. The maximum Gasteiger partial charge on any atom is 0.138 e. The summed E-state index contributed by atoms with van der Waals surface area (Å²) in [6.45, 7) is 2.37. The molecule has 0 aliphatic heterocycles. The summed E-state index contributed by atoms with van der Waals surface area (Å²) in [5.41, 5.74) is 1.18. The predicted molar refractivity (Wildman–Crippen MR) is 58.9 cm³/mol. The van der Waals surface area contributed by atoms with Crippen molar-refractivity contribution in [3.8, 4) is 5.75 Å². The lowest BCUT2D eigenvalue weighted by molar-refractivity contribution is -0.685. The lowest BCUT2D eigenvalue weighted by Gasteiger charge is -2.12. The number of halogens is 2. The number of nitrogens with two attached hydrogens (primary N) is 1. The second-order valence-electron chi connectivity index (χ2n) is 3.71. The van der Waals surface area contributed by atoms with Crippen LogP contribution in [0.2, 0.25) is 0 Å². The van der Waals surface area contributed by atoms with Gasteiger partial charge in [-0.1, -0.05) is 18.2 Å². The van der Waals surface area contributed by atoms with Crippen molar-refractivity contribution in [2.24, 2.45) is 0 Å². The molecule has 0 spiro atoms. The number of ether oxygens (including phenoxy) is 1. The molecule has 2 nitrogen and oxygen atoms in total. The molecule has 0 amide bonds. The zero-order valence-corrected chi connectivity index (χ0v) is 10.5. The Hall–Kier alpha value is -0.800. The molecule has 16 heavy (non-hydrogen) atoms. The summed E-state index contributed by atoms with van der Waals surface area (Å²) < 4.78 is 17.2. The van der Waals surface area contributed by atoms with E-state index < -0.39 is 0 Å². The largest absolute Gasteiger partial charge is 1.00 e. The van der Waals surface area contributed by atoms with Gasteiger partial charge < -0.3 is 22.5 Å². The van der Waals surface area contributed by atoms with Crippen molar-refractivity contribution < 1.29 is 26.9 Å². The Morgan fingerprint density at radius 2 is 2.06 bits per heavy atom. The zero-order valence-electron chi connectivity index (χ0n) is 9.75. The summed E-state index contributed by atoms with van der Waals surface area (Å²) in [6, 6.07) is 8.35. The molecule has 0 saturated carbocycles. The van der Waals surface area contributed by atoms with Gasteiger partial charge in [-0.15, -0.1) is 0 Å². The number of quaternary nitrogens is 1. The molecule has 2 N–H and O–H groups in total. The molecule has 92 valence electrons. The highest BCUT2D eigenvalue weighted by molar-refractivity contribution is 5.33. The highest BCUT2D eigenvalue weighted by atomic mass is 35.5. The van der Waals surface area contributed by atoms with Crippen LogP contribution in [0.1, 0.15) is 12.5 Å². The molecule has 0 fully saturated rings. The van der Waals surface area contributed by atoms with Crippen LogP contribution in [0.5, 0.6) is 5.75 Å². The van der Waals surface area contributed by atoms with Gasteiger partial charge in [0, 0.05) is 6.42 Å². The van der Waals surface area contributed by atoms with Crippen LogP contribution in [-0.2, 0) is 6.42 Å². The van der Waals surface area contributed by atoms with E-state index in [0.29, 0.717) is 12.6 Å². The van der Waals surface area contributed by atoms with E-state index in [-0.39, 0.29) is 19.1 Å². The summed E-state index contributed by atoms with van der Waals surface area (Å²) in [4.78, 5) is 0. The zero-order chi connectivity index (χ0) is 11.1. The van der Waals surface area contributed by atoms with Crippen LogP contribution < -0.4 is 22.5 Å². The molecule has 1 atom stereocenters. The van der Waals surface area contributed by atoms with Crippen LogP contribution in [0.4, 0.5) is 4.39 Å². The minimum Gasteiger partial charge on any atom is -1.00 e. The number of hydrogen-bond acceptors (Lipinski definition) is 1. The normalized spacial score (nSPS) is 11.7. The molecule has 0 heterocycles. The molecular formula is C12H19ClFNO. The van der Waals surface area contributed by atoms with E-state index in [1.807, 2.05) is 23.5 Å². The topological polar surface area (TPSA) is 25.8 Å². The number of methoxy groups -OCH3 is 1. The lowest BCUT2D eigenvalue weighted by Crippen LogP contribution is -3.00. The molecule has 1 aromatic rings. The first-order chi connectivity index (χ1) is 7.27. The van der Waals surface area contributed by atoms with Crippen LogP contribution in [0.25, 0.3) is 0 Å². The number of benzene rings is 1. The third-order valence-electron chi connectivity index (χ3n) is 2.41. The van der Waals surface area contributed by atoms with Crippen molar-refractivity contribution in [1.29, 1.82) is 0 Å². The third kappa shape index (κ3) is 4.81. The van der Waals surface area contributed by atoms with E-state index in [1.165, 1.54) is 5.56 Å². The van der Waals surface area contributed by atoms with Gasteiger partial charge in [0.05, 0.1) is 13.2 Å². The Balaban J connectivity index is 0.00000225.